The largest absolute Gasteiger partial charge is 0.476 e. The summed E-state index contributed by atoms with van der Waals surface area (Å²) >= 11 is 0. The fourth-order valence-corrected chi connectivity index (χ4v) is 2.77. The molecule has 0 unspecified atom stereocenters. The molecule has 1 heterocycles. The lowest BCUT2D eigenvalue weighted by molar-refractivity contribution is -0.385. The molecule has 21 heavy (non-hydrogen) atoms. The lowest BCUT2D eigenvalue weighted by Crippen LogP contribution is -2.35. The standard InChI is InChI=1S/C13H20N4O4/c1-21-12-10(17(19)20)11(15-9-16-12)14-7-13(8-18)5-3-2-4-6-13/h9,18H,2-8H2,1H3,(H,14,15,16). The van der Waals surface area contributed by atoms with Crippen LogP contribution in [0, 0.1) is 15.5 Å². The Morgan fingerprint density at radius 3 is 2.71 bits per heavy atom. The second-order valence-corrected chi connectivity index (χ2v) is 5.41. The predicted molar refractivity (Wildman–Crippen MR) is 76.3 cm³/mol. The molecular weight excluding hydrogens is 276 g/mol. The third-order valence-corrected chi connectivity index (χ3v) is 4.05. The minimum absolute atomic E-state index is 0.0655. The molecule has 0 saturated heterocycles. The van der Waals surface area contributed by atoms with Crippen molar-refractivity contribution in [3.8, 4) is 5.88 Å². The Labute approximate surface area is 122 Å². The maximum absolute atomic E-state index is 11.2. The van der Waals surface area contributed by atoms with Gasteiger partial charge in [-0.15, -0.1) is 0 Å². The average molecular weight is 296 g/mol. The summed E-state index contributed by atoms with van der Waals surface area (Å²) < 4.78 is 4.91. The molecule has 8 nitrogen and oxygen atoms in total. The summed E-state index contributed by atoms with van der Waals surface area (Å²) in [6.07, 6.45) is 6.35. The van der Waals surface area contributed by atoms with E-state index in [1.165, 1.54) is 19.9 Å². The molecule has 1 aromatic rings. The first kappa shape index (κ1) is 15.4. The topological polar surface area (TPSA) is 110 Å². The van der Waals surface area contributed by atoms with Gasteiger partial charge in [0.2, 0.25) is 5.82 Å². The van der Waals surface area contributed by atoms with Gasteiger partial charge in [0.15, 0.2) is 0 Å². The van der Waals surface area contributed by atoms with Gasteiger partial charge < -0.3 is 15.2 Å². The van der Waals surface area contributed by atoms with E-state index in [9.17, 15) is 15.2 Å². The molecule has 0 spiro atoms. The van der Waals surface area contributed by atoms with Crippen LogP contribution in [-0.4, -0.2) is 40.3 Å². The number of anilines is 1. The lowest BCUT2D eigenvalue weighted by atomic mass is 9.74. The number of nitrogens with one attached hydrogen (secondary N) is 1. The maximum atomic E-state index is 11.2. The minimum Gasteiger partial charge on any atom is -0.476 e. The van der Waals surface area contributed by atoms with Crippen molar-refractivity contribution in [2.75, 3.05) is 25.6 Å². The lowest BCUT2D eigenvalue weighted by Gasteiger charge is -2.35. The normalized spacial score (nSPS) is 17.2. The molecule has 2 N–H and O–H groups in total. The van der Waals surface area contributed by atoms with Crippen molar-refractivity contribution in [2.24, 2.45) is 5.41 Å². The number of nitro groups is 1. The molecule has 0 aliphatic heterocycles. The number of aromatic nitrogens is 2. The molecule has 0 bridgehead atoms. The van der Waals surface area contributed by atoms with Crippen LogP contribution >= 0.6 is 0 Å². The van der Waals surface area contributed by atoms with E-state index < -0.39 is 4.92 Å². The molecule has 0 amide bonds. The number of methoxy groups -OCH3 is 1. The summed E-state index contributed by atoms with van der Waals surface area (Å²) in [4.78, 5) is 18.3. The average Bonchev–Trinajstić information content (AvgIpc) is 2.53. The van der Waals surface area contributed by atoms with E-state index in [-0.39, 0.29) is 29.4 Å². The van der Waals surface area contributed by atoms with Crippen LogP contribution in [0.2, 0.25) is 0 Å². The summed E-state index contributed by atoms with van der Waals surface area (Å²) in [5.74, 6) is 0.0597. The van der Waals surface area contributed by atoms with E-state index in [1.54, 1.807) is 0 Å². The van der Waals surface area contributed by atoms with E-state index in [1.807, 2.05) is 0 Å². The molecule has 2 rings (SSSR count). The molecule has 8 heteroatoms. The van der Waals surface area contributed by atoms with Crippen molar-refractivity contribution < 1.29 is 14.8 Å². The molecule has 1 aliphatic carbocycles. The maximum Gasteiger partial charge on any atom is 0.372 e. The van der Waals surface area contributed by atoms with Crippen LogP contribution < -0.4 is 10.1 Å². The smallest absolute Gasteiger partial charge is 0.372 e. The van der Waals surface area contributed by atoms with Gasteiger partial charge in [0.05, 0.1) is 18.6 Å². The molecule has 0 radical (unpaired) electrons. The van der Waals surface area contributed by atoms with Crippen molar-refractivity contribution >= 4 is 11.5 Å². The van der Waals surface area contributed by atoms with Crippen LogP contribution in [0.25, 0.3) is 0 Å². The second kappa shape index (κ2) is 6.66. The highest BCUT2D eigenvalue weighted by molar-refractivity contribution is 5.61. The number of hydrogen-bond acceptors (Lipinski definition) is 7. The van der Waals surface area contributed by atoms with Crippen LogP contribution in [0.5, 0.6) is 5.88 Å². The molecule has 0 aromatic carbocycles. The summed E-state index contributed by atoms with van der Waals surface area (Å²) in [6.45, 7) is 0.514. The van der Waals surface area contributed by atoms with Crippen molar-refractivity contribution in [1.82, 2.24) is 9.97 Å². The van der Waals surface area contributed by atoms with Gasteiger partial charge in [-0.1, -0.05) is 19.3 Å². The van der Waals surface area contributed by atoms with Crippen LogP contribution in [0.1, 0.15) is 32.1 Å². The third-order valence-electron chi connectivity index (χ3n) is 4.05. The SMILES string of the molecule is COc1ncnc(NCC2(CO)CCCCC2)c1[N+](=O)[O-]. The number of rotatable bonds is 6. The first-order valence-electron chi connectivity index (χ1n) is 7.00. The van der Waals surface area contributed by atoms with Gasteiger partial charge in [0.1, 0.15) is 6.33 Å². The van der Waals surface area contributed by atoms with E-state index in [0.717, 1.165) is 25.7 Å². The fraction of sp³-hybridized carbons (Fsp3) is 0.692. The molecule has 116 valence electrons. The summed E-state index contributed by atoms with van der Waals surface area (Å²) in [5.41, 5.74) is -0.506. The summed E-state index contributed by atoms with van der Waals surface area (Å²) in [7, 11) is 1.33. The highest BCUT2D eigenvalue weighted by Gasteiger charge is 2.33. The number of aliphatic hydroxyl groups is 1. The summed E-state index contributed by atoms with van der Waals surface area (Å²) in [6, 6.07) is 0. The Hall–Kier alpha value is -1.96. The van der Waals surface area contributed by atoms with Gasteiger partial charge >= 0.3 is 5.69 Å². The minimum atomic E-state index is -0.562. The zero-order valence-corrected chi connectivity index (χ0v) is 12.0. The van der Waals surface area contributed by atoms with E-state index in [0.29, 0.717) is 6.54 Å². The van der Waals surface area contributed by atoms with Crippen LogP contribution in [0.15, 0.2) is 6.33 Å². The monoisotopic (exact) mass is 296 g/mol. The predicted octanol–water partition coefficient (Wildman–Crippen LogP) is 1.75. The van der Waals surface area contributed by atoms with Crippen molar-refractivity contribution in [1.29, 1.82) is 0 Å². The molecule has 1 aliphatic rings. The van der Waals surface area contributed by atoms with Gasteiger partial charge in [-0.25, -0.2) is 4.98 Å². The summed E-state index contributed by atoms with van der Waals surface area (Å²) in [5, 5.41) is 23.8. The fourth-order valence-electron chi connectivity index (χ4n) is 2.77. The first-order chi connectivity index (χ1) is 10.1. The quantitative estimate of drug-likeness (QED) is 0.607. The number of nitrogens with zero attached hydrogens (tertiary/aromatic N) is 3. The Kier molecular flexibility index (Phi) is 4.89. The van der Waals surface area contributed by atoms with E-state index in [2.05, 4.69) is 15.3 Å². The Morgan fingerprint density at radius 2 is 2.14 bits per heavy atom. The van der Waals surface area contributed by atoms with Gasteiger partial charge in [0.25, 0.3) is 5.88 Å². The van der Waals surface area contributed by atoms with Crippen molar-refractivity contribution in [2.45, 2.75) is 32.1 Å². The molecular formula is C13H20N4O4. The Balaban J connectivity index is 2.17. The zero-order valence-electron chi connectivity index (χ0n) is 12.0. The van der Waals surface area contributed by atoms with Gasteiger partial charge in [-0.05, 0) is 12.8 Å². The van der Waals surface area contributed by atoms with E-state index >= 15 is 0 Å². The van der Waals surface area contributed by atoms with E-state index in [4.69, 9.17) is 4.74 Å². The Morgan fingerprint density at radius 1 is 1.43 bits per heavy atom. The van der Waals surface area contributed by atoms with Crippen molar-refractivity contribution in [3.05, 3.63) is 16.4 Å². The molecule has 1 aromatic heterocycles. The van der Waals surface area contributed by atoms with Crippen molar-refractivity contribution in [3.63, 3.8) is 0 Å². The number of ether oxygens (including phenoxy) is 1. The van der Waals surface area contributed by atoms with Gasteiger partial charge in [-0.3, -0.25) is 10.1 Å². The molecule has 1 saturated carbocycles. The third kappa shape index (κ3) is 3.38. The first-order valence-corrected chi connectivity index (χ1v) is 7.00. The van der Waals surface area contributed by atoms with Crippen LogP contribution in [0.4, 0.5) is 11.5 Å². The van der Waals surface area contributed by atoms with Gasteiger partial charge in [-0.2, -0.15) is 4.98 Å². The molecule has 1 fully saturated rings. The van der Waals surface area contributed by atoms with Crippen LogP contribution in [0.3, 0.4) is 0 Å². The highest BCUT2D eigenvalue weighted by Crippen LogP contribution is 2.37. The number of aliphatic hydroxyl groups excluding tert-OH is 1. The Bertz CT molecular complexity index is 503. The van der Waals surface area contributed by atoms with Crippen LogP contribution in [-0.2, 0) is 0 Å². The van der Waals surface area contributed by atoms with Gasteiger partial charge in [0, 0.05) is 12.0 Å². The number of hydrogen-bond donors (Lipinski definition) is 2. The molecule has 0 atom stereocenters. The second-order valence-electron chi connectivity index (χ2n) is 5.41. The zero-order chi connectivity index (χ0) is 15.3. The highest BCUT2D eigenvalue weighted by atomic mass is 16.6.